The SMILES string of the molecule is Cc1cc(C)c(-c2cccc(-c3c(C)cc(C)cc3C)[c]2[Sb])c(C)c1. The molecule has 0 heterocycles. The van der Waals surface area contributed by atoms with Crippen molar-refractivity contribution in [2.45, 2.75) is 41.5 Å². The fourth-order valence-corrected chi connectivity index (χ4v) is 5.22. The summed E-state index contributed by atoms with van der Waals surface area (Å²) in [7, 11) is 0. The Balaban J connectivity index is 2.28. The summed E-state index contributed by atoms with van der Waals surface area (Å²) in [6, 6.07) is 15.9. The normalized spacial score (nSPS) is 11.0. The van der Waals surface area contributed by atoms with Gasteiger partial charge in [0.25, 0.3) is 0 Å². The van der Waals surface area contributed by atoms with Crippen LogP contribution in [0.5, 0.6) is 0 Å². The van der Waals surface area contributed by atoms with Gasteiger partial charge in [-0.25, -0.2) is 0 Å². The van der Waals surface area contributed by atoms with E-state index in [0.29, 0.717) is 0 Å². The molecule has 0 aliphatic rings. The molecule has 0 nitrogen and oxygen atoms in total. The molecule has 3 aromatic rings. The molecule has 0 aliphatic carbocycles. The van der Waals surface area contributed by atoms with Crippen molar-refractivity contribution in [2.24, 2.45) is 0 Å². The van der Waals surface area contributed by atoms with E-state index in [2.05, 4.69) is 84.0 Å². The van der Waals surface area contributed by atoms with E-state index in [4.69, 9.17) is 0 Å². The Bertz CT molecular complexity index is 842. The Morgan fingerprint density at radius 3 is 1.20 bits per heavy atom. The first kappa shape index (κ1) is 18.3. The standard InChI is InChI=1S/C24H25.Sb/c1-15-10-17(3)23(18(4)11-15)21-8-7-9-22(14-21)24-19(5)12-16(2)13-20(24)6;/h7-13H,1-6H3;. The number of hydrogen-bond acceptors (Lipinski definition) is 0. The van der Waals surface area contributed by atoms with Crippen molar-refractivity contribution < 1.29 is 0 Å². The van der Waals surface area contributed by atoms with Crippen LogP contribution in [0.3, 0.4) is 0 Å². The van der Waals surface area contributed by atoms with Crippen molar-refractivity contribution in [2.75, 3.05) is 0 Å². The Morgan fingerprint density at radius 2 is 0.880 bits per heavy atom. The van der Waals surface area contributed by atoms with E-state index in [0.717, 1.165) is 0 Å². The minimum absolute atomic E-state index is 1.34. The quantitative estimate of drug-likeness (QED) is 0.456. The van der Waals surface area contributed by atoms with E-state index in [1.54, 1.807) is 0 Å². The average Bonchev–Trinajstić information content (AvgIpc) is 2.48. The molecule has 3 rings (SSSR count). The van der Waals surface area contributed by atoms with Gasteiger partial charge in [0.2, 0.25) is 0 Å². The first-order chi connectivity index (χ1) is 11.8. The number of aryl methyl sites for hydroxylation is 6. The van der Waals surface area contributed by atoms with Crippen LogP contribution >= 0.6 is 0 Å². The molecule has 0 aromatic heterocycles. The molecule has 0 spiro atoms. The zero-order valence-corrected chi connectivity index (χ0v) is 18.5. The van der Waals surface area contributed by atoms with Gasteiger partial charge < -0.3 is 0 Å². The molecule has 0 aliphatic heterocycles. The fraction of sp³-hybridized carbons (Fsp3) is 0.250. The summed E-state index contributed by atoms with van der Waals surface area (Å²) in [5, 5.41) is 0. The zero-order chi connectivity index (χ0) is 18.3. The summed E-state index contributed by atoms with van der Waals surface area (Å²) in [4.78, 5) is 0. The molecule has 25 heavy (non-hydrogen) atoms. The van der Waals surface area contributed by atoms with Gasteiger partial charge in [-0.05, 0) is 0 Å². The second-order valence-corrected chi connectivity index (χ2v) is 8.53. The van der Waals surface area contributed by atoms with Gasteiger partial charge in [-0.1, -0.05) is 0 Å². The van der Waals surface area contributed by atoms with Crippen LogP contribution in [0.4, 0.5) is 0 Å². The van der Waals surface area contributed by atoms with Crippen LogP contribution in [0, 0.1) is 41.5 Å². The van der Waals surface area contributed by atoms with Crippen molar-refractivity contribution in [3.63, 3.8) is 0 Å². The van der Waals surface area contributed by atoms with Crippen LogP contribution in [-0.2, 0) is 0 Å². The third-order valence-corrected chi connectivity index (χ3v) is 6.30. The fourth-order valence-electron chi connectivity index (χ4n) is 4.16. The zero-order valence-electron chi connectivity index (χ0n) is 16.0. The molecule has 0 atom stereocenters. The number of hydrogen-bond donors (Lipinski definition) is 0. The van der Waals surface area contributed by atoms with Crippen molar-refractivity contribution in [1.82, 2.24) is 0 Å². The maximum atomic E-state index is 2.29. The summed E-state index contributed by atoms with van der Waals surface area (Å²) in [5.74, 6) is 0. The van der Waals surface area contributed by atoms with Crippen LogP contribution in [-0.4, -0.2) is 23.0 Å². The predicted molar refractivity (Wildman–Crippen MR) is 111 cm³/mol. The first-order valence-electron chi connectivity index (χ1n) is 8.78. The Morgan fingerprint density at radius 1 is 0.560 bits per heavy atom. The van der Waals surface area contributed by atoms with Crippen LogP contribution in [0.1, 0.15) is 33.4 Å². The molecular formula is C24H25Sb. The van der Waals surface area contributed by atoms with Crippen molar-refractivity contribution in [3.8, 4) is 22.3 Å². The molecule has 0 fully saturated rings. The van der Waals surface area contributed by atoms with Crippen LogP contribution in [0.2, 0.25) is 0 Å². The first-order valence-corrected chi connectivity index (χ1v) is 10.1. The van der Waals surface area contributed by atoms with Crippen LogP contribution < -0.4 is 3.51 Å². The summed E-state index contributed by atoms with van der Waals surface area (Å²) >= 11 is 1.82. The third kappa shape index (κ3) is 3.42. The Kier molecular flexibility index (Phi) is 5.12. The Hall–Kier alpha value is -1.52. The molecule has 0 N–H and O–H groups in total. The monoisotopic (exact) mass is 434 g/mol. The van der Waals surface area contributed by atoms with Gasteiger partial charge in [0.05, 0.1) is 0 Å². The van der Waals surface area contributed by atoms with Gasteiger partial charge in [0.15, 0.2) is 0 Å². The van der Waals surface area contributed by atoms with E-state index >= 15 is 0 Å². The predicted octanol–water partition coefficient (Wildman–Crippen LogP) is 5.66. The van der Waals surface area contributed by atoms with Gasteiger partial charge in [0, 0.05) is 0 Å². The van der Waals surface area contributed by atoms with Gasteiger partial charge in [-0.15, -0.1) is 0 Å². The molecule has 0 saturated heterocycles. The average molecular weight is 435 g/mol. The van der Waals surface area contributed by atoms with Gasteiger partial charge in [-0.3, -0.25) is 0 Å². The topological polar surface area (TPSA) is 0 Å². The molecular weight excluding hydrogens is 410 g/mol. The third-order valence-electron chi connectivity index (χ3n) is 4.93. The van der Waals surface area contributed by atoms with E-state index in [9.17, 15) is 0 Å². The van der Waals surface area contributed by atoms with Gasteiger partial charge in [-0.2, -0.15) is 0 Å². The van der Waals surface area contributed by atoms with E-state index in [1.807, 2.05) is 23.0 Å². The van der Waals surface area contributed by atoms with Crippen LogP contribution in [0.15, 0.2) is 42.5 Å². The molecule has 0 unspecified atom stereocenters. The van der Waals surface area contributed by atoms with Gasteiger partial charge in [0.1, 0.15) is 0 Å². The van der Waals surface area contributed by atoms with E-state index < -0.39 is 0 Å². The molecule has 1 heteroatoms. The molecule has 0 bridgehead atoms. The molecule has 0 saturated carbocycles. The molecule has 0 amide bonds. The van der Waals surface area contributed by atoms with E-state index in [1.165, 1.54) is 59.1 Å². The minimum atomic E-state index is 1.34. The molecule has 126 valence electrons. The molecule has 3 aromatic carbocycles. The second kappa shape index (κ2) is 7.00. The number of rotatable bonds is 2. The summed E-state index contributed by atoms with van der Waals surface area (Å²) in [6.45, 7) is 13.3. The van der Waals surface area contributed by atoms with Crippen molar-refractivity contribution in [1.29, 1.82) is 0 Å². The summed E-state index contributed by atoms with van der Waals surface area (Å²) in [5.41, 5.74) is 13.7. The Labute approximate surface area is 165 Å². The van der Waals surface area contributed by atoms with Crippen molar-refractivity contribution in [3.05, 3.63) is 75.8 Å². The maximum absolute atomic E-state index is 2.29. The van der Waals surface area contributed by atoms with E-state index in [-0.39, 0.29) is 0 Å². The molecule has 2 radical (unpaired) electrons. The van der Waals surface area contributed by atoms with Gasteiger partial charge >= 0.3 is 166 Å². The number of benzene rings is 3. The van der Waals surface area contributed by atoms with Crippen molar-refractivity contribution >= 4 is 26.5 Å². The van der Waals surface area contributed by atoms with Crippen LogP contribution in [0.25, 0.3) is 22.3 Å². The summed E-state index contributed by atoms with van der Waals surface area (Å²) < 4.78 is 1.42. The second-order valence-electron chi connectivity index (χ2n) is 7.25. The summed E-state index contributed by atoms with van der Waals surface area (Å²) in [6.07, 6.45) is 0.